The van der Waals surface area contributed by atoms with Crippen LogP contribution in [0.4, 0.5) is 0 Å². The van der Waals surface area contributed by atoms with Crippen molar-refractivity contribution in [3.05, 3.63) is 48.0 Å². The smallest absolute Gasteiger partial charge is 0.134 e. The van der Waals surface area contributed by atoms with Crippen molar-refractivity contribution in [2.24, 2.45) is 0 Å². The summed E-state index contributed by atoms with van der Waals surface area (Å²) in [6.07, 6.45) is 0. The Morgan fingerprint density at radius 3 is 2.38 bits per heavy atom. The Kier molecular flexibility index (Phi) is 3.98. The van der Waals surface area contributed by atoms with Crippen molar-refractivity contribution < 1.29 is 19.4 Å². The second-order valence-electron chi connectivity index (χ2n) is 4.63. The number of methoxy groups -OCH3 is 1. The molecule has 0 aromatic heterocycles. The van der Waals surface area contributed by atoms with Crippen molar-refractivity contribution in [3.63, 3.8) is 0 Å². The van der Waals surface area contributed by atoms with E-state index >= 15 is 0 Å². The molecule has 0 atom stereocenters. The minimum Gasteiger partial charge on any atom is -0.691 e. The van der Waals surface area contributed by atoms with Crippen molar-refractivity contribution in [1.82, 2.24) is 0 Å². The Balaban J connectivity index is 2.31. The van der Waals surface area contributed by atoms with E-state index in [2.05, 4.69) is 28.4 Å². The van der Waals surface area contributed by atoms with Crippen molar-refractivity contribution in [2.45, 2.75) is 11.8 Å². The predicted octanol–water partition coefficient (Wildman–Crippen LogP) is 3.54. The highest BCUT2D eigenvalue weighted by Gasteiger charge is 2.12. The van der Waals surface area contributed by atoms with Gasteiger partial charge in [0.25, 0.3) is 0 Å². The van der Waals surface area contributed by atoms with E-state index in [0.29, 0.717) is 0 Å². The fraction of sp³-hybridized carbons (Fsp3) is 0.125. The Morgan fingerprint density at radius 2 is 1.67 bits per heavy atom. The zero-order valence-electron chi connectivity index (χ0n) is 11.6. The largest absolute Gasteiger partial charge is 0.691 e. The van der Waals surface area contributed by atoms with Gasteiger partial charge >= 0.3 is 0 Å². The molecular formula is C16H13O4S-. The second-order valence-corrected chi connectivity index (χ2v) is 5.40. The van der Waals surface area contributed by atoms with Gasteiger partial charge in [-0.25, -0.2) is 0 Å². The number of benzene rings is 3. The molecule has 0 aliphatic heterocycles. The van der Waals surface area contributed by atoms with Gasteiger partial charge in [0.15, 0.2) is 0 Å². The zero-order chi connectivity index (χ0) is 14.8. The van der Waals surface area contributed by atoms with Gasteiger partial charge < -0.3 is 9.99 Å². The standard InChI is InChI=1S/C16H14O4S/c1-10-12-5-3-4-6-13(12)16(18-2)14-8-7-11(9-15(10)14)21-20-19-17/h3-9,17H,1-2H3/p-1. The molecule has 3 rings (SSSR count). The van der Waals surface area contributed by atoms with Crippen LogP contribution in [0.15, 0.2) is 47.4 Å². The zero-order valence-corrected chi connectivity index (χ0v) is 12.4. The Labute approximate surface area is 126 Å². The lowest BCUT2D eigenvalue weighted by Gasteiger charge is -2.14. The molecule has 3 aromatic carbocycles. The molecule has 0 fully saturated rings. The van der Waals surface area contributed by atoms with E-state index in [9.17, 15) is 5.26 Å². The van der Waals surface area contributed by atoms with Crippen LogP contribution in [-0.4, -0.2) is 7.11 Å². The molecule has 0 spiro atoms. The maximum atomic E-state index is 9.95. The number of ether oxygens (including phenoxy) is 1. The fourth-order valence-electron chi connectivity index (χ4n) is 2.65. The number of rotatable bonds is 4. The number of hydrogen-bond donors (Lipinski definition) is 0. The van der Waals surface area contributed by atoms with Crippen LogP contribution in [0.5, 0.6) is 5.75 Å². The molecule has 0 saturated heterocycles. The highest BCUT2D eigenvalue weighted by molar-refractivity contribution is 7.94. The normalized spacial score (nSPS) is 11.2. The first-order valence-electron chi connectivity index (χ1n) is 6.38. The molecule has 3 aromatic rings. The van der Waals surface area contributed by atoms with Gasteiger partial charge in [0.2, 0.25) is 0 Å². The Morgan fingerprint density at radius 1 is 0.952 bits per heavy atom. The summed E-state index contributed by atoms with van der Waals surface area (Å²) in [5.74, 6) is 0.851. The molecule has 0 aliphatic carbocycles. The average Bonchev–Trinajstić information content (AvgIpc) is 2.54. The topological polar surface area (TPSA) is 50.8 Å². The van der Waals surface area contributed by atoms with Gasteiger partial charge in [-0.05, 0) is 41.5 Å². The van der Waals surface area contributed by atoms with E-state index in [1.807, 2.05) is 30.3 Å². The molecular weight excluding hydrogens is 288 g/mol. The number of aryl methyl sites for hydroxylation is 1. The first kappa shape index (κ1) is 14.2. The third-order valence-electron chi connectivity index (χ3n) is 3.58. The first-order chi connectivity index (χ1) is 10.3. The van der Waals surface area contributed by atoms with Gasteiger partial charge in [-0.15, -0.1) is 0 Å². The lowest BCUT2D eigenvalue weighted by atomic mass is 9.96. The van der Waals surface area contributed by atoms with Crippen molar-refractivity contribution in [2.75, 3.05) is 7.11 Å². The van der Waals surface area contributed by atoms with Crippen LogP contribution in [0.2, 0.25) is 0 Å². The molecule has 108 valence electrons. The molecule has 0 radical (unpaired) electrons. The van der Waals surface area contributed by atoms with E-state index in [-0.39, 0.29) is 0 Å². The third kappa shape index (κ3) is 2.45. The van der Waals surface area contributed by atoms with Gasteiger partial charge in [0.05, 0.1) is 19.2 Å². The maximum absolute atomic E-state index is 9.95. The van der Waals surface area contributed by atoms with Crippen molar-refractivity contribution in [1.29, 1.82) is 0 Å². The lowest BCUT2D eigenvalue weighted by molar-refractivity contribution is -0.777. The quantitative estimate of drug-likeness (QED) is 0.319. The van der Waals surface area contributed by atoms with Gasteiger partial charge in [-0.3, -0.25) is 5.04 Å². The molecule has 0 amide bonds. The van der Waals surface area contributed by atoms with E-state index in [0.717, 1.165) is 49.8 Å². The van der Waals surface area contributed by atoms with Gasteiger partial charge in [0, 0.05) is 15.7 Å². The first-order valence-corrected chi connectivity index (χ1v) is 7.12. The average molecular weight is 301 g/mol. The summed E-state index contributed by atoms with van der Waals surface area (Å²) >= 11 is 0.887. The van der Waals surface area contributed by atoms with E-state index in [1.54, 1.807) is 7.11 Å². The summed E-state index contributed by atoms with van der Waals surface area (Å²) in [4.78, 5) is 0.791. The summed E-state index contributed by atoms with van der Waals surface area (Å²) in [6, 6.07) is 13.9. The number of hydrogen-bond acceptors (Lipinski definition) is 5. The van der Waals surface area contributed by atoms with Gasteiger partial charge in [-0.2, -0.15) is 4.33 Å². The summed E-state index contributed by atoms with van der Waals surface area (Å²) in [5.41, 5.74) is 1.16. The predicted molar refractivity (Wildman–Crippen MR) is 80.8 cm³/mol. The lowest BCUT2D eigenvalue weighted by Crippen LogP contribution is -2.00. The molecule has 0 saturated carbocycles. The van der Waals surface area contributed by atoms with Crippen LogP contribution < -0.4 is 9.99 Å². The molecule has 0 N–H and O–H groups in total. The molecule has 0 bridgehead atoms. The van der Waals surface area contributed by atoms with Crippen molar-refractivity contribution >= 4 is 33.6 Å². The SMILES string of the molecule is COc1c2ccccc2c(C)c2cc(SOO[O-])ccc12. The fourth-order valence-corrected chi connectivity index (χ4v) is 3.05. The Hall–Kier alpha value is -1.79. The molecule has 0 unspecified atom stereocenters. The summed E-state index contributed by atoms with van der Waals surface area (Å²) in [5, 5.41) is 17.7. The van der Waals surface area contributed by atoms with Crippen LogP contribution in [-0.2, 0) is 9.37 Å². The van der Waals surface area contributed by atoms with Gasteiger partial charge in [0.1, 0.15) is 5.75 Å². The molecule has 5 heteroatoms. The van der Waals surface area contributed by atoms with Crippen LogP contribution in [0.3, 0.4) is 0 Å². The third-order valence-corrected chi connectivity index (χ3v) is 4.15. The van der Waals surface area contributed by atoms with Crippen molar-refractivity contribution in [3.8, 4) is 5.75 Å². The monoisotopic (exact) mass is 301 g/mol. The van der Waals surface area contributed by atoms with Crippen LogP contribution in [0, 0.1) is 6.92 Å². The molecule has 21 heavy (non-hydrogen) atoms. The molecule has 0 heterocycles. The number of fused-ring (bicyclic) bond motifs is 2. The second kappa shape index (κ2) is 5.91. The highest BCUT2D eigenvalue weighted by atomic mass is 32.2. The van der Waals surface area contributed by atoms with Gasteiger partial charge in [-0.1, -0.05) is 24.3 Å². The van der Waals surface area contributed by atoms with E-state index < -0.39 is 0 Å². The maximum Gasteiger partial charge on any atom is 0.134 e. The summed E-state index contributed by atoms with van der Waals surface area (Å²) in [7, 11) is 1.67. The highest BCUT2D eigenvalue weighted by Crippen LogP contribution is 2.39. The molecule has 0 aliphatic rings. The Bertz CT molecular complexity index is 801. The van der Waals surface area contributed by atoms with Crippen LogP contribution in [0.25, 0.3) is 21.5 Å². The summed E-state index contributed by atoms with van der Waals surface area (Å²) < 4.78 is 9.99. The minimum absolute atomic E-state index is 0.791. The van der Waals surface area contributed by atoms with E-state index in [1.165, 1.54) is 0 Å². The van der Waals surface area contributed by atoms with Crippen LogP contribution >= 0.6 is 12.0 Å². The minimum atomic E-state index is 0.791. The van der Waals surface area contributed by atoms with Crippen LogP contribution in [0.1, 0.15) is 5.56 Å². The molecule has 4 nitrogen and oxygen atoms in total. The summed E-state index contributed by atoms with van der Waals surface area (Å²) in [6.45, 7) is 2.07. The van der Waals surface area contributed by atoms with E-state index in [4.69, 9.17) is 4.74 Å².